The van der Waals surface area contributed by atoms with Gasteiger partial charge in [-0.3, -0.25) is 19.2 Å². The molecular weight excluding hydrogens is 613 g/mol. The Morgan fingerprint density at radius 1 is 0.818 bits per heavy atom. The fraction of sp³-hybridized carbons (Fsp3) is 0.828. The van der Waals surface area contributed by atoms with Crippen molar-refractivity contribution in [2.24, 2.45) is 0 Å². The van der Waals surface area contributed by atoms with E-state index >= 15 is 0 Å². The lowest BCUT2D eigenvalue weighted by atomic mass is 10.2. The zero-order valence-electron chi connectivity index (χ0n) is 27.5. The van der Waals surface area contributed by atoms with Crippen LogP contribution in [0.1, 0.15) is 87.5 Å². The van der Waals surface area contributed by atoms with Gasteiger partial charge in [0, 0.05) is 39.8 Å². The Kier molecular flexibility index (Phi) is 24.1. The van der Waals surface area contributed by atoms with Crippen LogP contribution in [0.15, 0.2) is 0 Å². The molecule has 4 unspecified atom stereocenters. The highest BCUT2D eigenvalue weighted by Crippen LogP contribution is 2.46. The van der Waals surface area contributed by atoms with Gasteiger partial charge < -0.3 is 33.3 Å². The molecule has 0 heterocycles. The molecule has 254 valence electrons. The van der Waals surface area contributed by atoms with Crippen molar-refractivity contribution in [3.8, 4) is 6.07 Å². The van der Waals surface area contributed by atoms with Crippen LogP contribution < -0.4 is 5.32 Å². The van der Waals surface area contributed by atoms with Crippen LogP contribution in [0.25, 0.3) is 0 Å². The number of rotatable bonds is 25. The highest BCUT2D eigenvalue weighted by molar-refractivity contribution is 7.99. The predicted octanol–water partition coefficient (Wildman–Crippen LogP) is 4.48. The summed E-state index contributed by atoms with van der Waals surface area (Å²) in [6.07, 6.45) is 1.96. The van der Waals surface area contributed by atoms with E-state index in [1.807, 2.05) is 0 Å². The van der Waals surface area contributed by atoms with Gasteiger partial charge in [-0.15, -0.1) is 11.8 Å². The Labute approximate surface area is 268 Å². The van der Waals surface area contributed by atoms with Gasteiger partial charge in [-0.05, 0) is 46.3 Å². The van der Waals surface area contributed by atoms with E-state index in [0.29, 0.717) is 25.4 Å². The number of carbonyl (C=O) groups is 4. The summed E-state index contributed by atoms with van der Waals surface area (Å²) in [5.74, 6) is -1.26. The van der Waals surface area contributed by atoms with Gasteiger partial charge in [0.25, 0.3) is 8.53 Å². The SMILES string of the molecule is CC(=O)NCC(OC(COC(C)=O)C(COC(C)=O)OC(C)=O)SCCCCCCOP(OCCC#N)N(C(C)C)C(C)C. The number of carbonyl (C=O) groups excluding carboxylic acids is 4. The van der Waals surface area contributed by atoms with Gasteiger partial charge in [0.2, 0.25) is 5.91 Å². The summed E-state index contributed by atoms with van der Waals surface area (Å²) in [5.41, 5.74) is -0.551. The Bertz CT molecular complexity index is 882. The Morgan fingerprint density at radius 3 is 1.91 bits per heavy atom. The maximum Gasteiger partial charge on any atom is 0.303 e. The van der Waals surface area contributed by atoms with E-state index in [4.69, 9.17) is 33.3 Å². The normalized spacial score (nSPS) is 14.0. The summed E-state index contributed by atoms with van der Waals surface area (Å²) < 4.78 is 35.9. The van der Waals surface area contributed by atoms with E-state index in [0.717, 1.165) is 25.7 Å². The van der Waals surface area contributed by atoms with Crippen molar-refractivity contribution in [1.82, 2.24) is 9.99 Å². The smallest absolute Gasteiger partial charge is 0.303 e. The second-order valence-corrected chi connectivity index (χ2v) is 13.2. The molecule has 1 N–H and O–H groups in total. The number of nitrogens with zero attached hydrogens (tertiary/aromatic N) is 2. The molecule has 44 heavy (non-hydrogen) atoms. The fourth-order valence-electron chi connectivity index (χ4n) is 3.86. The molecule has 0 radical (unpaired) electrons. The lowest BCUT2D eigenvalue weighted by molar-refractivity contribution is -0.174. The van der Waals surface area contributed by atoms with E-state index in [1.165, 1.54) is 39.5 Å². The van der Waals surface area contributed by atoms with Gasteiger partial charge in [-0.2, -0.15) is 5.26 Å². The van der Waals surface area contributed by atoms with E-state index in [9.17, 15) is 19.2 Å². The van der Waals surface area contributed by atoms with Crippen LogP contribution in [-0.2, 0) is 47.2 Å². The first-order valence-electron chi connectivity index (χ1n) is 14.9. The molecular formula is C29H52N3O10PS. The number of amides is 1. The van der Waals surface area contributed by atoms with Crippen LogP contribution in [0, 0.1) is 11.3 Å². The van der Waals surface area contributed by atoms with Crippen LogP contribution >= 0.6 is 20.3 Å². The predicted molar refractivity (Wildman–Crippen MR) is 168 cm³/mol. The zero-order valence-corrected chi connectivity index (χ0v) is 29.2. The van der Waals surface area contributed by atoms with E-state index in [1.54, 1.807) is 0 Å². The van der Waals surface area contributed by atoms with Crippen molar-refractivity contribution in [1.29, 1.82) is 5.26 Å². The molecule has 4 atom stereocenters. The Morgan fingerprint density at radius 2 is 1.39 bits per heavy atom. The average molecular weight is 666 g/mol. The molecule has 0 fully saturated rings. The monoisotopic (exact) mass is 665 g/mol. The summed E-state index contributed by atoms with van der Waals surface area (Å²) in [7, 11) is -1.26. The molecule has 13 nitrogen and oxygen atoms in total. The number of unbranched alkanes of at least 4 members (excludes halogenated alkanes) is 3. The minimum absolute atomic E-state index is 0.169. The fourth-order valence-corrected chi connectivity index (χ4v) is 6.54. The van der Waals surface area contributed by atoms with Crippen LogP contribution in [-0.4, -0.2) is 96.9 Å². The number of nitrogens with one attached hydrogen (secondary N) is 1. The number of ether oxygens (including phenoxy) is 4. The summed E-state index contributed by atoms with van der Waals surface area (Å²) in [5, 5.41) is 11.6. The maximum absolute atomic E-state index is 11.7. The van der Waals surface area contributed by atoms with Gasteiger partial charge in [0.1, 0.15) is 24.8 Å². The molecule has 1 amide bonds. The first-order chi connectivity index (χ1) is 20.8. The van der Waals surface area contributed by atoms with Gasteiger partial charge in [0.15, 0.2) is 6.10 Å². The molecule has 0 aromatic carbocycles. The van der Waals surface area contributed by atoms with E-state index in [-0.39, 0.29) is 37.7 Å². The van der Waals surface area contributed by atoms with Crippen molar-refractivity contribution in [2.75, 3.05) is 38.7 Å². The molecule has 0 rings (SSSR count). The highest BCUT2D eigenvalue weighted by Gasteiger charge is 2.31. The molecule has 15 heteroatoms. The van der Waals surface area contributed by atoms with E-state index < -0.39 is 44.1 Å². The molecule has 0 aromatic rings. The quantitative estimate of drug-likeness (QED) is 0.0478. The molecule has 0 spiro atoms. The van der Waals surface area contributed by atoms with Crippen LogP contribution in [0.2, 0.25) is 0 Å². The van der Waals surface area contributed by atoms with E-state index in [2.05, 4.69) is 43.8 Å². The molecule has 0 aromatic heterocycles. The number of hydrogen-bond acceptors (Lipinski definition) is 13. The second kappa shape index (κ2) is 25.2. The molecule has 0 aliphatic carbocycles. The van der Waals surface area contributed by atoms with Gasteiger partial charge in [0.05, 0.1) is 32.2 Å². The lowest BCUT2D eigenvalue weighted by Gasteiger charge is -2.35. The molecule has 0 aliphatic rings. The average Bonchev–Trinajstić information content (AvgIpc) is 2.91. The number of thioether (sulfide) groups is 1. The third-order valence-corrected chi connectivity index (χ3v) is 8.97. The number of esters is 3. The van der Waals surface area contributed by atoms with Crippen molar-refractivity contribution < 1.29 is 47.2 Å². The number of nitriles is 1. The van der Waals surface area contributed by atoms with Crippen molar-refractivity contribution >= 4 is 44.1 Å². The molecule has 0 saturated carbocycles. The molecule has 0 saturated heterocycles. The topological polar surface area (TPSA) is 163 Å². The largest absolute Gasteiger partial charge is 0.463 e. The minimum Gasteiger partial charge on any atom is -0.463 e. The summed E-state index contributed by atoms with van der Waals surface area (Å²) >= 11 is 1.47. The Hall–Kier alpha value is -2.01. The zero-order chi connectivity index (χ0) is 33.5. The lowest BCUT2D eigenvalue weighted by Crippen LogP contribution is -2.44. The minimum atomic E-state index is -1.26. The van der Waals surface area contributed by atoms with Gasteiger partial charge in [-0.1, -0.05) is 12.8 Å². The van der Waals surface area contributed by atoms with Gasteiger partial charge >= 0.3 is 17.9 Å². The van der Waals surface area contributed by atoms with Crippen LogP contribution in [0.5, 0.6) is 0 Å². The maximum atomic E-state index is 11.7. The molecule has 0 bridgehead atoms. The second-order valence-electron chi connectivity index (χ2n) is 10.5. The highest BCUT2D eigenvalue weighted by atomic mass is 32.2. The van der Waals surface area contributed by atoms with Gasteiger partial charge in [-0.25, -0.2) is 4.67 Å². The summed E-state index contributed by atoms with van der Waals surface area (Å²) in [6.45, 7) is 14.0. The van der Waals surface area contributed by atoms with Crippen LogP contribution in [0.4, 0.5) is 0 Å². The number of hydrogen-bond donors (Lipinski definition) is 1. The third kappa shape index (κ3) is 21.7. The first-order valence-corrected chi connectivity index (χ1v) is 17.1. The summed E-state index contributed by atoms with van der Waals surface area (Å²) in [4.78, 5) is 46.2. The standard InChI is InChI=1S/C29H52N3O10PS/c1-21(2)32(22(3)4)43(40-16-13-14-30)39-15-11-9-10-12-17-44-29(18-31-23(5)33)42-28(20-38-25(7)35)27(41-26(8)36)19-37-24(6)34/h21-22,27-29H,9-13,15-20H2,1-8H3,(H,31,33). The van der Waals surface area contributed by atoms with Crippen molar-refractivity contribution in [3.63, 3.8) is 0 Å². The van der Waals surface area contributed by atoms with Crippen LogP contribution in [0.3, 0.4) is 0 Å². The Balaban J connectivity index is 5.06. The van der Waals surface area contributed by atoms with Crippen molar-refractivity contribution in [2.45, 2.75) is 117 Å². The van der Waals surface area contributed by atoms with Crippen molar-refractivity contribution in [3.05, 3.63) is 0 Å². The molecule has 0 aliphatic heterocycles. The third-order valence-electron chi connectivity index (χ3n) is 5.68. The summed E-state index contributed by atoms with van der Waals surface area (Å²) in [6, 6.07) is 2.59. The first kappa shape index (κ1) is 42.0.